The molecule has 174 valence electrons. The van der Waals surface area contributed by atoms with Crippen molar-refractivity contribution in [1.29, 1.82) is 0 Å². The number of carboxylic acid groups (broad SMARTS) is 1. The lowest BCUT2D eigenvalue weighted by atomic mass is 10.0. The van der Waals surface area contributed by atoms with Crippen LogP contribution in [0, 0.1) is 0 Å². The molecule has 1 fully saturated rings. The number of likely N-dealkylation sites (tertiary alicyclic amines) is 1. The summed E-state index contributed by atoms with van der Waals surface area (Å²) in [5.41, 5.74) is 2.14. The molecule has 4 heterocycles. The molecule has 0 spiro atoms. The van der Waals surface area contributed by atoms with Crippen LogP contribution in [-0.2, 0) is 12.7 Å². The molecular weight excluding hydrogens is 447 g/mol. The van der Waals surface area contributed by atoms with Crippen LogP contribution in [0.5, 0.6) is 0 Å². The summed E-state index contributed by atoms with van der Waals surface area (Å²) in [7, 11) is 0. The Kier molecular flexibility index (Phi) is 5.52. The van der Waals surface area contributed by atoms with Gasteiger partial charge in [-0.25, -0.2) is 14.5 Å². The summed E-state index contributed by atoms with van der Waals surface area (Å²) < 4.78 is 39.9. The van der Waals surface area contributed by atoms with Crippen molar-refractivity contribution in [1.82, 2.24) is 24.6 Å². The normalized spacial score (nSPS) is 14.7. The predicted molar refractivity (Wildman–Crippen MR) is 119 cm³/mol. The number of hydrogen-bond acceptors (Lipinski definition) is 5. The average molecular weight is 467 g/mol. The molecule has 5 rings (SSSR count). The van der Waals surface area contributed by atoms with Crippen LogP contribution in [0.15, 0.2) is 55.0 Å². The van der Waals surface area contributed by atoms with Gasteiger partial charge in [-0.3, -0.25) is 9.88 Å². The molecule has 0 aliphatic carbocycles. The van der Waals surface area contributed by atoms with Gasteiger partial charge in [-0.1, -0.05) is 6.07 Å². The molecule has 4 aromatic rings. The maximum Gasteiger partial charge on any atom is 0.433 e. The lowest BCUT2D eigenvalue weighted by molar-refractivity contribution is -0.141. The van der Waals surface area contributed by atoms with Crippen molar-refractivity contribution in [2.45, 2.75) is 25.6 Å². The van der Waals surface area contributed by atoms with E-state index >= 15 is 0 Å². The molecule has 0 atom stereocenters. The predicted octanol–water partition coefficient (Wildman–Crippen LogP) is 4.80. The first kappa shape index (κ1) is 22.0. The lowest BCUT2D eigenvalue weighted by Crippen LogP contribution is -2.18. The van der Waals surface area contributed by atoms with E-state index in [9.17, 15) is 23.1 Å². The van der Waals surface area contributed by atoms with E-state index in [4.69, 9.17) is 0 Å². The minimum Gasteiger partial charge on any atom is -0.476 e. The second-order valence-electron chi connectivity index (χ2n) is 8.26. The van der Waals surface area contributed by atoms with Crippen molar-refractivity contribution < 1.29 is 23.1 Å². The Morgan fingerprint density at radius 2 is 1.79 bits per heavy atom. The SMILES string of the molecule is O=C(O)c1nn(-c2ccc(C(F)(F)F)nc2)c2ccc(-c3cncc(CN4CCCC4)c3)cc12. The fourth-order valence-electron chi connectivity index (χ4n) is 4.26. The first-order valence-corrected chi connectivity index (χ1v) is 10.8. The highest BCUT2D eigenvalue weighted by Gasteiger charge is 2.32. The van der Waals surface area contributed by atoms with Crippen LogP contribution < -0.4 is 0 Å². The minimum absolute atomic E-state index is 0.196. The van der Waals surface area contributed by atoms with Gasteiger partial charge in [0.15, 0.2) is 5.69 Å². The Labute approximate surface area is 192 Å². The number of halogens is 3. The number of nitrogens with zero attached hydrogens (tertiary/aromatic N) is 5. The molecular formula is C24H20F3N5O2. The zero-order valence-corrected chi connectivity index (χ0v) is 18.0. The molecule has 0 amide bonds. The zero-order valence-electron chi connectivity index (χ0n) is 18.0. The number of carboxylic acids is 1. The molecule has 1 aliphatic rings. The molecule has 0 unspecified atom stereocenters. The molecule has 1 N–H and O–H groups in total. The van der Waals surface area contributed by atoms with Gasteiger partial charge in [-0.05, 0) is 67.4 Å². The van der Waals surface area contributed by atoms with E-state index in [1.54, 1.807) is 18.3 Å². The quantitative estimate of drug-likeness (QED) is 0.454. The van der Waals surface area contributed by atoms with Gasteiger partial charge in [0.05, 0.1) is 17.4 Å². The van der Waals surface area contributed by atoms with Crippen LogP contribution in [0.3, 0.4) is 0 Å². The number of carbonyl (C=O) groups is 1. The molecule has 1 saturated heterocycles. The Balaban J connectivity index is 1.53. The highest BCUT2D eigenvalue weighted by molar-refractivity contribution is 6.03. The van der Waals surface area contributed by atoms with E-state index in [-0.39, 0.29) is 11.4 Å². The number of aromatic carboxylic acids is 1. The van der Waals surface area contributed by atoms with E-state index in [2.05, 4.69) is 20.0 Å². The van der Waals surface area contributed by atoms with E-state index in [0.717, 1.165) is 48.6 Å². The number of rotatable bonds is 5. The Morgan fingerprint density at radius 1 is 1.00 bits per heavy atom. The van der Waals surface area contributed by atoms with Crippen molar-refractivity contribution in [3.63, 3.8) is 0 Å². The largest absolute Gasteiger partial charge is 0.476 e. The van der Waals surface area contributed by atoms with Crippen LogP contribution in [0.1, 0.15) is 34.6 Å². The third kappa shape index (κ3) is 4.24. The topological polar surface area (TPSA) is 84.1 Å². The molecule has 34 heavy (non-hydrogen) atoms. The second-order valence-corrected chi connectivity index (χ2v) is 8.26. The van der Waals surface area contributed by atoms with Gasteiger partial charge in [0.2, 0.25) is 0 Å². The summed E-state index contributed by atoms with van der Waals surface area (Å²) in [4.78, 5) is 22.1. The van der Waals surface area contributed by atoms with Crippen molar-refractivity contribution in [3.8, 4) is 16.8 Å². The number of fused-ring (bicyclic) bond motifs is 1. The van der Waals surface area contributed by atoms with Crippen molar-refractivity contribution >= 4 is 16.9 Å². The maximum absolute atomic E-state index is 12.9. The number of hydrogen-bond donors (Lipinski definition) is 1. The third-order valence-electron chi connectivity index (χ3n) is 5.90. The van der Waals surface area contributed by atoms with Crippen molar-refractivity contribution in [2.75, 3.05) is 13.1 Å². The number of alkyl halides is 3. The van der Waals surface area contributed by atoms with E-state index < -0.39 is 17.8 Å². The highest BCUT2D eigenvalue weighted by atomic mass is 19.4. The fourth-order valence-corrected chi connectivity index (χ4v) is 4.26. The molecule has 0 saturated carbocycles. The molecule has 0 radical (unpaired) electrons. The van der Waals surface area contributed by atoms with Crippen LogP contribution >= 0.6 is 0 Å². The minimum atomic E-state index is -4.57. The van der Waals surface area contributed by atoms with Gasteiger partial charge in [0, 0.05) is 29.9 Å². The van der Waals surface area contributed by atoms with E-state index in [0.29, 0.717) is 10.9 Å². The summed E-state index contributed by atoms with van der Waals surface area (Å²) in [5, 5.41) is 14.2. The van der Waals surface area contributed by atoms with Crippen LogP contribution in [0.2, 0.25) is 0 Å². The molecule has 1 aromatic carbocycles. The zero-order chi connectivity index (χ0) is 23.9. The standard InChI is InChI=1S/C24H20F3N5O2/c25-24(26,27)21-6-4-18(13-29-21)32-20-5-3-16(10-19(20)22(30-32)23(33)34)17-9-15(11-28-12-17)14-31-7-1-2-8-31/h3-6,9-13H,1-2,7-8,14H2,(H,33,34). The third-order valence-corrected chi connectivity index (χ3v) is 5.90. The van der Waals surface area contributed by atoms with Gasteiger partial charge < -0.3 is 5.11 Å². The molecule has 10 heteroatoms. The first-order chi connectivity index (χ1) is 16.3. The van der Waals surface area contributed by atoms with Gasteiger partial charge in [0.25, 0.3) is 0 Å². The second kappa shape index (κ2) is 8.53. The summed E-state index contributed by atoms with van der Waals surface area (Å²) >= 11 is 0. The van der Waals surface area contributed by atoms with Crippen molar-refractivity contribution in [3.05, 3.63) is 71.9 Å². The van der Waals surface area contributed by atoms with E-state index in [1.165, 1.54) is 23.6 Å². The highest BCUT2D eigenvalue weighted by Crippen LogP contribution is 2.31. The maximum atomic E-state index is 12.9. The Bertz CT molecular complexity index is 1360. The first-order valence-electron chi connectivity index (χ1n) is 10.8. The summed E-state index contributed by atoms with van der Waals surface area (Å²) in [6.07, 6.45) is 2.40. The van der Waals surface area contributed by atoms with Crippen molar-refractivity contribution in [2.24, 2.45) is 0 Å². The number of aromatic nitrogens is 4. The Morgan fingerprint density at radius 3 is 2.47 bits per heavy atom. The fraction of sp³-hybridized carbons (Fsp3) is 0.250. The smallest absolute Gasteiger partial charge is 0.433 e. The molecule has 0 bridgehead atoms. The number of benzene rings is 1. The van der Waals surface area contributed by atoms with Gasteiger partial charge >= 0.3 is 12.1 Å². The molecule has 3 aromatic heterocycles. The monoisotopic (exact) mass is 467 g/mol. The summed E-state index contributed by atoms with van der Waals surface area (Å²) in [6.45, 7) is 2.94. The van der Waals surface area contributed by atoms with Gasteiger partial charge in [0.1, 0.15) is 5.69 Å². The summed E-state index contributed by atoms with van der Waals surface area (Å²) in [5.74, 6) is -1.23. The molecule has 7 nitrogen and oxygen atoms in total. The van der Waals surface area contributed by atoms with Crippen LogP contribution in [-0.4, -0.2) is 48.8 Å². The molecule has 1 aliphatic heterocycles. The summed E-state index contributed by atoms with van der Waals surface area (Å²) in [6, 6.07) is 9.34. The van der Waals surface area contributed by atoms with Gasteiger partial charge in [-0.15, -0.1) is 0 Å². The Hall–Kier alpha value is -3.79. The van der Waals surface area contributed by atoms with Crippen LogP contribution in [0.4, 0.5) is 13.2 Å². The van der Waals surface area contributed by atoms with E-state index in [1.807, 2.05) is 18.3 Å². The van der Waals surface area contributed by atoms with Crippen LogP contribution in [0.25, 0.3) is 27.7 Å². The van der Waals surface area contributed by atoms with Gasteiger partial charge in [-0.2, -0.15) is 18.3 Å². The average Bonchev–Trinajstić information content (AvgIpc) is 3.46. The lowest BCUT2D eigenvalue weighted by Gasteiger charge is -2.14. The number of pyridine rings is 2.